The van der Waals surface area contributed by atoms with Gasteiger partial charge in [-0.15, -0.1) is 0 Å². The minimum absolute atomic E-state index is 0.0144. The minimum Gasteiger partial charge on any atom is -0.300 e. The molecule has 3 unspecified atom stereocenters. The SMILES string of the molecule is CCCC(CC1CC(=O)c2c(C)c(CC(=O)CCC(C)C)cc(C(C)C)c2C1)C(CC)C(=O)CC(C)=O. The molecule has 4 nitrogen and oxygen atoms in total. The van der Waals surface area contributed by atoms with Crippen molar-refractivity contribution >= 4 is 23.1 Å². The predicted molar refractivity (Wildman–Crippen MR) is 151 cm³/mol. The fraction of sp³-hybridized carbons (Fsp3) is 0.697. The maximum absolute atomic E-state index is 13.6. The summed E-state index contributed by atoms with van der Waals surface area (Å²) in [5.41, 5.74) is 5.19. The van der Waals surface area contributed by atoms with E-state index in [2.05, 4.69) is 40.7 Å². The lowest BCUT2D eigenvalue weighted by Gasteiger charge is -2.33. The second-order valence-electron chi connectivity index (χ2n) is 12.2. The van der Waals surface area contributed by atoms with Gasteiger partial charge >= 0.3 is 0 Å². The number of ketones is 4. The molecule has 0 fully saturated rings. The highest BCUT2D eigenvalue weighted by atomic mass is 16.1. The number of fused-ring (bicyclic) bond motifs is 1. The van der Waals surface area contributed by atoms with Crippen LogP contribution in [0.15, 0.2) is 6.07 Å². The Morgan fingerprint density at radius 1 is 1.03 bits per heavy atom. The molecular weight excluding hydrogens is 460 g/mol. The Morgan fingerprint density at radius 2 is 1.70 bits per heavy atom. The molecule has 2 rings (SSSR count). The van der Waals surface area contributed by atoms with Crippen LogP contribution < -0.4 is 0 Å². The summed E-state index contributed by atoms with van der Waals surface area (Å²) >= 11 is 0. The lowest BCUT2D eigenvalue weighted by atomic mass is 9.70. The molecule has 0 radical (unpaired) electrons. The van der Waals surface area contributed by atoms with Gasteiger partial charge in [-0.1, -0.05) is 60.5 Å². The van der Waals surface area contributed by atoms with Crippen molar-refractivity contribution in [2.24, 2.45) is 23.7 Å². The highest BCUT2D eigenvalue weighted by molar-refractivity contribution is 6.01. The Hall–Kier alpha value is -2.10. The number of benzene rings is 1. The van der Waals surface area contributed by atoms with Crippen molar-refractivity contribution in [3.8, 4) is 0 Å². The molecule has 0 N–H and O–H groups in total. The van der Waals surface area contributed by atoms with Crippen LogP contribution in [0.1, 0.15) is 138 Å². The quantitative estimate of drug-likeness (QED) is 0.226. The average Bonchev–Trinajstić information content (AvgIpc) is 2.79. The van der Waals surface area contributed by atoms with Crippen LogP contribution in [-0.2, 0) is 27.2 Å². The summed E-state index contributed by atoms with van der Waals surface area (Å²) in [5, 5.41) is 0. The molecule has 3 atom stereocenters. The molecule has 0 bridgehead atoms. The van der Waals surface area contributed by atoms with Crippen molar-refractivity contribution in [3.63, 3.8) is 0 Å². The summed E-state index contributed by atoms with van der Waals surface area (Å²) in [6, 6.07) is 2.19. The lowest BCUT2D eigenvalue weighted by Crippen LogP contribution is -2.30. The normalized spacial score (nSPS) is 17.1. The van der Waals surface area contributed by atoms with Gasteiger partial charge in [0.25, 0.3) is 0 Å². The zero-order valence-corrected chi connectivity index (χ0v) is 24.7. The summed E-state index contributed by atoms with van der Waals surface area (Å²) in [4.78, 5) is 50.8. The van der Waals surface area contributed by atoms with Crippen molar-refractivity contribution in [1.82, 2.24) is 0 Å². The molecule has 0 aromatic heterocycles. The highest BCUT2D eigenvalue weighted by Gasteiger charge is 2.34. The van der Waals surface area contributed by atoms with Gasteiger partial charge in [0.15, 0.2) is 5.78 Å². The molecule has 1 aromatic carbocycles. The van der Waals surface area contributed by atoms with Crippen LogP contribution in [-0.4, -0.2) is 23.1 Å². The van der Waals surface area contributed by atoms with Gasteiger partial charge in [0.05, 0.1) is 6.42 Å². The smallest absolute Gasteiger partial charge is 0.163 e. The van der Waals surface area contributed by atoms with Gasteiger partial charge in [-0.3, -0.25) is 19.2 Å². The molecule has 37 heavy (non-hydrogen) atoms. The summed E-state index contributed by atoms with van der Waals surface area (Å²) in [6.45, 7) is 16.3. The number of hydrogen-bond donors (Lipinski definition) is 0. The highest BCUT2D eigenvalue weighted by Crippen LogP contribution is 2.40. The predicted octanol–water partition coefficient (Wildman–Crippen LogP) is 7.79. The van der Waals surface area contributed by atoms with E-state index >= 15 is 0 Å². The number of carbonyl (C=O) groups excluding carboxylic acids is 4. The van der Waals surface area contributed by atoms with Gasteiger partial charge in [0.1, 0.15) is 17.3 Å². The summed E-state index contributed by atoms with van der Waals surface area (Å²) in [5.74, 6) is 1.45. The average molecular weight is 511 g/mol. The molecule has 0 amide bonds. The third kappa shape index (κ3) is 8.45. The summed E-state index contributed by atoms with van der Waals surface area (Å²) in [6.07, 6.45) is 6.73. The van der Waals surface area contributed by atoms with E-state index in [-0.39, 0.29) is 53.2 Å². The number of Topliss-reactive ketones (excluding diaryl/α,β-unsaturated/α-hetero) is 4. The van der Waals surface area contributed by atoms with E-state index in [1.807, 2.05) is 13.8 Å². The van der Waals surface area contributed by atoms with Crippen molar-refractivity contribution < 1.29 is 19.2 Å². The first-order valence-electron chi connectivity index (χ1n) is 14.6. The van der Waals surface area contributed by atoms with Gasteiger partial charge in [0.2, 0.25) is 0 Å². The molecule has 0 saturated carbocycles. The maximum atomic E-state index is 13.6. The van der Waals surface area contributed by atoms with Crippen LogP contribution in [0, 0.1) is 30.6 Å². The Morgan fingerprint density at radius 3 is 2.24 bits per heavy atom. The first-order chi connectivity index (χ1) is 17.4. The van der Waals surface area contributed by atoms with Gasteiger partial charge in [0, 0.05) is 30.7 Å². The van der Waals surface area contributed by atoms with Crippen LogP contribution in [0.4, 0.5) is 0 Å². The molecule has 0 spiro atoms. The second kappa shape index (κ2) is 14.2. The Kier molecular flexibility index (Phi) is 11.9. The molecule has 1 aromatic rings. The van der Waals surface area contributed by atoms with Crippen molar-refractivity contribution in [1.29, 1.82) is 0 Å². The summed E-state index contributed by atoms with van der Waals surface area (Å²) in [7, 11) is 0. The zero-order valence-electron chi connectivity index (χ0n) is 24.7. The topological polar surface area (TPSA) is 68.3 Å². The molecule has 1 aliphatic rings. The van der Waals surface area contributed by atoms with E-state index in [9.17, 15) is 19.2 Å². The standard InChI is InChI=1S/C33H50O4/c1-9-11-25(28(10-2)31(36)14-22(7)34)15-24-16-30-29(21(5)6)19-26(18-27(35)13-12-20(3)4)23(8)33(30)32(37)17-24/h19-21,24-25,28H,9-18H2,1-8H3. The van der Waals surface area contributed by atoms with Gasteiger partial charge in [-0.05, 0) is 85.5 Å². The maximum Gasteiger partial charge on any atom is 0.163 e. The molecule has 1 aliphatic carbocycles. The minimum atomic E-state index is -0.120. The van der Waals surface area contributed by atoms with E-state index in [1.54, 1.807) is 0 Å². The van der Waals surface area contributed by atoms with E-state index < -0.39 is 0 Å². The molecular formula is C33H50O4. The van der Waals surface area contributed by atoms with Crippen LogP contribution in [0.25, 0.3) is 0 Å². The van der Waals surface area contributed by atoms with Crippen molar-refractivity contribution in [2.75, 3.05) is 0 Å². The van der Waals surface area contributed by atoms with Gasteiger partial charge in [-0.2, -0.15) is 0 Å². The fourth-order valence-electron chi connectivity index (χ4n) is 6.34. The van der Waals surface area contributed by atoms with Crippen LogP contribution in [0.3, 0.4) is 0 Å². The number of hydrogen-bond acceptors (Lipinski definition) is 4. The monoisotopic (exact) mass is 510 g/mol. The van der Waals surface area contributed by atoms with Gasteiger partial charge in [-0.25, -0.2) is 0 Å². The summed E-state index contributed by atoms with van der Waals surface area (Å²) < 4.78 is 0. The third-order valence-electron chi connectivity index (χ3n) is 8.23. The molecule has 206 valence electrons. The molecule has 0 heterocycles. The second-order valence-corrected chi connectivity index (χ2v) is 12.2. The largest absolute Gasteiger partial charge is 0.300 e. The van der Waals surface area contributed by atoms with Crippen LogP contribution in [0.2, 0.25) is 0 Å². The number of carbonyl (C=O) groups is 4. The van der Waals surface area contributed by atoms with Crippen molar-refractivity contribution in [2.45, 2.75) is 126 Å². The first kappa shape index (κ1) is 31.1. The molecule has 0 aliphatic heterocycles. The van der Waals surface area contributed by atoms with E-state index in [0.717, 1.165) is 60.8 Å². The van der Waals surface area contributed by atoms with Gasteiger partial charge < -0.3 is 0 Å². The third-order valence-corrected chi connectivity index (χ3v) is 8.23. The fourth-order valence-corrected chi connectivity index (χ4v) is 6.34. The van der Waals surface area contributed by atoms with E-state index in [1.165, 1.54) is 12.5 Å². The van der Waals surface area contributed by atoms with E-state index in [4.69, 9.17) is 0 Å². The molecule has 4 heteroatoms. The zero-order chi connectivity index (χ0) is 27.9. The lowest BCUT2D eigenvalue weighted by molar-refractivity contribution is -0.130. The molecule has 0 saturated heterocycles. The Balaban J connectivity index is 2.35. The van der Waals surface area contributed by atoms with Crippen molar-refractivity contribution in [3.05, 3.63) is 33.9 Å². The van der Waals surface area contributed by atoms with E-state index in [0.29, 0.717) is 25.2 Å². The Labute approximate surface area is 225 Å². The van der Waals surface area contributed by atoms with Crippen LogP contribution in [0.5, 0.6) is 0 Å². The Bertz CT molecular complexity index is 985. The first-order valence-corrected chi connectivity index (χ1v) is 14.6. The van der Waals surface area contributed by atoms with Crippen LogP contribution >= 0.6 is 0 Å². The number of rotatable bonds is 15.